The number of halogens is 1. The van der Waals surface area contributed by atoms with Crippen molar-refractivity contribution in [2.75, 3.05) is 25.0 Å². The summed E-state index contributed by atoms with van der Waals surface area (Å²) in [5.74, 6) is -1.45. The molecular formula is C22H25ClN4O5. The van der Waals surface area contributed by atoms with Gasteiger partial charge in [-0.25, -0.2) is 0 Å². The Kier molecular flexibility index (Phi) is 9.15. The molecular weight excluding hydrogens is 436 g/mol. The molecule has 9 nitrogen and oxygen atoms in total. The van der Waals surface area contributed by atoms with E-state index in [1.807, 2.05) is 26.0 Å². The number of anilines is 1. The normalized spacial score (nSPS) is 10.3. The molecule has 0 aliphatic heterocycles. The van der Waals surface area contributed by atoms with Crippen molar-refractivity contribution in [2.24, 2.45) is 0 Å². The molecule has 0 bridgehead atoms. The predicted molar refractivity (Wildman–Crippen MR) is 122 cm³/mol. The van der Waals surface area contributed by atoms with Crippen LogP contribution in [0.25, 0.3) is 0 Å². The number of benzene rings is 2. The van der Waals surface area contributed by atoms with Crippen molar-refractivity contribution in [3.8, 4) is 0 Å². The first kappa shape index (κ1) is 24.8. The number of amides is 3. The highest BCUT2D eigenvalue weighted by molar-refractivity contribution is 6.32. The minimum absolute atomic E-state index is 0.0575. The molecule has 0 aliphatic rings. The number of nitro groups is 1. The number of nitrogens with one attached hydrogen (secondary N) is 2. The molecule has 3 amide bonds. The first-order chi connectivity index (χ1) is 15.2. The minimum Gasteiger partial charge on any atom is -0.345 e. The fraction of sp³-hybridized carbons (Fsp3) is 0.318. The molecule has 0 radical (unpaired) electrons. The van der Waals surface area contributed by atoms with Gasteiger partial charge in [-0.1, -0.05) is 42.6 Å². The van der Waals surface area contributed by atoms with E-state index >= 15 is 0 Å². The van der Waals surface area contributed by atoms with E-state index in [9.17, 15) is 24.5 Å². The molecule has 10 heteroatoms. The van der Waals surface area contributed by atoms with Gasteiger partial charge < -0.3 is 15.5 Å². The van der Waals surface area contributed by atoms with Gasteiger partial charge in [0.25, 0.3) is 11.6 Å². The number of carbonyl (C=O) groups is 3. The summed E-state index contributed by atoms with van der Waals surface area (Å²) in [5.41, 5.74) is 1.34. The van der Waals surface area contributed by atoms with Crippen LogP contribution < -0.4 is 10.6 Å². The standard InChI is InChI=1S/C22H25ClN4O5/c1-3-4-11-26(22(30)16-7-10-18(23)19(12-16)27(31)32)14-21(29)24-13-20(28)25-17-8-5-15(2)6-9-17/h5-10,12H,3-4,11,13-14H2,1-2H3,(H,24,29)(H,25,28). The highest BCUT2D eigenvalue weighted by atomic mass is 35.5. The Bertz CT molecular complexity index is 994. The van der Waals surface area contributed by atoms with Crippen molar-refractivity contribution in [3.05, 3.63) is 68.7 Å². The number of rotatable bonds is 10. The third kappa shape index (κ3) is 7.35. The Labute approximate surface area is 190 Å². The van der Waals surface area contributed by atoms with Gasteiger partial charge in [0.05, 0.1) is 18.0 Å². The number of nitro benzene ring substituents is 1. The van der Waals surface area contributed by atoms with Crippen molar-refractivity contribution in [2.45, 2.75) is 26.7 Å². The van der Waals surface area contributed by atoms with Crippen LogP contribution in [0.4, 0.5) is 11.4 Å². The van der Waals surface area contributed by atoms with Crippen LogP contribution in [0.5, 0.6) is 0 Å². The molecule has 0 saturated carbocycles. The fourth-order valence-corrected chi connectivity index (χ4v) is 3.01. The highest BCUT2D eigenvalue weighted by Gasteiger charge is 2.22. The molecule has 0 heterocycles. The number of nitrogens with zero attached hydrogens (tertiary/aromatic N) is 2. The molecule has 0 fully saturated rings. The van der Waals surface area contributed by atoms with Crippen LogP contribution in [-0.4, -0.2) is 47.2 Å². The van der Waals surface area contributed by atoms with Crippen LogP contribution in [-0.2, 0) is 9.59 Å². The zero-order valence-corrected chi connectivity index (χ0v) is 18.6. The predicted octanol–water partition coefficient (Wildman–Crippen LogP) is 3.55. The van der Waals surface area contributed by atoms with Crippen molar-refractivity contribution in [3.63, 3.8) is 0 Å². The van der Waals surface area contributed by atoms with Crippen molar-refractivity contribution < 1.29 is 19.3 Å². The molecule has 2 rings (SSSR count). The number of aryl methyl sites for hydroxylation is 1. The lowest BCUT2D eigenvalue weighted by Gasteiger charge is -2.22. The Hall–Kier alpha value is -3.46. The fourth-order valence-electron chi connectivity index (χ4n) is 2.82. The van der Waals surface area contributed by atoms with E-state index in [2.05, 4.69) is 10.6 Å². The molecule has 32 heavy (non-hydrogen) atoms. The minimum atomic E-state index is -0.672. The van der Waals surface area contributed by atoms with Gasteiger partial charge in [-0.2, -0.15) is 0 Å². The second-order valence-corrected chi connectivity index (χ2v) is 7.60. The van der Waals surface area contributed by atoms with Gasteiger partial charge >= 0.3 is 0 Å². The van der Waals surface area contributed by atoms with Crippen LogP contribution >= 0.6 is 11.6 Å². The average Bonchev–Trinajstić information content (AvgIpc) is 2.76. The van der Waals surface area contributed by atoms with E-state index in [4.69, 9.17) is 11.6 Å². The van der Waals surface area contributed by atoms with Crippen LogP contribution in [0.3, 0.4) is 0 Å². The largest absolute Gasteiger partial charge is 0.345 e. The maximum absolute atomic E-state index is 12.9. The zero-order valence-electron chi connectivity index (χ0n) is 17.9. The first-order valence-corrected chi connectivity index (χ1v) is 10.5. The molecule has 170 valence electrons. The Morgan fingerprint density at radius 1 is 1.09 bits per heavy atom. The topological polar surface area (TPSA) is 122 Å². The summed E-state index contributed by atoms with van der Waals surface area (Å²) in [4.78, 5) is 49.0. The maximum atomic E-state index is 12.9. The number of hydrogen-bond acceptors (Lipinski definition) is 5. The van der Waals surface area contributed by atoms with Gasteiger partial charge in [-0.15, -0.1) is 0 Å². The van der Waals surface area contributed by atoms with E-state index in [-0.39, 0.29) is 35.9 Å². The lowest BCUT2D eigenvalue weighted by molar-refractivity contribution is -0.384. The summed E-state index contributed by atoms with van der Waals surface area (Å²) in [6, 6.07) is 11.0. The van der Waals surface area contributed by atoms with Crippen LogP contribution in [0.15, 0.2) is 42.5 Å². The monoisotopic (exact) mass is 460 g/mol. The van der Waals surface area contributed by atoms with Gasteiger partial charge in [0, 0.05) is 23.9 Å². The van der Waals surface area contributed by atoms with Gasteiger partial charge in [-0.3, -0.25) is 24.5 Å². The van der Waals surface area contributed by atoms with E-state index in [1.165, 1.54) is 17.0 Å². The summed E-state index contributed by atoms with van der Waals surface area (Å²) in [6.07, 6.45) is 1.42. The molecule has 0 aromatic heterocycles. The third-order valence-corrected chi connectivity index (χ3v) is 4.89. The number of hydrogen-bond donors (Lipinski definition) is 2. The highest BCUT2D eigenvalue weighted by Crippen LogP contribution is 2.25. The maximum Gasteiger partial charge on any atom is 0.288 e. The lowest BCUT2D eigenvalue weighted by atomic mass is 10.1. The zero-order chi connectivity index (χ0) is 23.7. The quantitative estimate of drug-likeness (QED) is 0.414. The molecule has 2 aromatic rings. The number of unbranched alkanes of at least 4 members (excludes halogenated alkanes) is 1. The van der Waals surface area contributed by atoms with E-state index in [0.717, 1.165) is 18.1 Å². The van der Waals surface area contributed by atoms with Crippen LogP contribution in [0, 0.1) is 17.0 Å². The van der Waals surface area contributed by atoms with Crippen LogP contribution in [0.2, 0.25) is 5.02 Å². The van der Waals surface area contributed by atoms with Crippen molar-refractivity contribution >= 4 is 40.7 Å². The molecule has 0 saturated heterocycles. The van der Waals surface area contributed by atoms with Gasteiger partial charge in [-0.05, 0) is 37.6 Å². The molecule has 0 unspecified atom stereocenters. The Balaban J connectivity index is 2.00. The summed E-state index contributed by atoms with van der Waals surface area (Å²) >= 11 is 5.81. The molecule has 2 N–H and O–H groups in total. The summed E-state index contributed by atoms with van der Waals surface area (Å²) < 4.78 is 0. The van der Waals surface area contributed by atoms with E-state index < -0.39 is 22.6 Å². The smallest absolute Gasteiger partial charge is 0.288 e. The van der Waals surface area contributed by atoms with Crippen molar-refractivity contribution in [1.82, 2.24) is 10.2 Å². The van der Waals surface area contributed by atoms with E-state index in [0.29, 0.717) is 12.1 Å². The first-order valence-electron chi connectivity index (χ1n) is 10.1. The molecule has 0 spiro atoms. The van der Waals surface area contributed by atoms with Crippen molar-refractivity contribution in [1.29, 1.82) is 0 Å². The second kappa shape index (κ2) is 11.8. The SMILES string of the molecule is CCCCN(CC(=O)NCC(=O)Nc1ccc(C)cc1)C(=O)c1ccc(Cl)c([N+](=O)[O-])c1. The van der Waals surface area contributed by atoms with Crippen LogP contribution in [0.1, 0.15) is 35.7 Å². The van der Waals surface area contributed by atoms with Gasteiger partial charge in [0.2, 0.25) is 11.8 Å². The second-order valence-electron chi connectivity index (χ2n) is 7.19. The Morgan fingerprint density at radius 2 is 1.78 bits per heavy atom. The molecule has 0 atom stereocenters. The Morgan fingerprint density at radius 3 is 2.41 bits per heavy atom. The van der Waals surface area contributed by atoms with E-state index in [1.54, 1.807) is 12.1 Å². The summed E-state index contributed by atoms with van der Waals surface area (Å²) in [6.45, 7) is 3.61. The lowest BCUT2D eigenvalue weighted by Crippen LogP contribution is -2.43. The molecule has 0 aliphatic carbocycles. The van der Waals surface area contributed by atoms with Gasteiger partial charge in [0.1, 0.15) is 5.02 Å². The average molecular weight is 461 g/mol. The third-order valence-electron chi connectivity index (χ3n) is 4.57. The summed E-state index contributed by atoms with van der Waals surface area (Å²) in [5, 5.41) is 16.2. The molecule has 2 aromatic carbocycles. The number of carbonyl (C=O) groups excluding carboxylic acids is 3. The summed E-state index contributed by atoms with van der Waals surface area (Å²) in [7, 11) is 0. The van der Waals surface area contributed by atoms with Gasteiger partial charge in [0.15, 0.2) is 0 Å².